The Kier molecular flexibility index (Phi) is 5.89. The van der Waals surface area contributed by atoms with E-state index >= 15 is 0 Å². The van der Waals surface area contributed by atoms with E-state index in [1.807, 2.05) is 6.07 Å². The Bertz CT molecular complexity index is 1510. The quantitative estimate of drug-likeness (QED) is 0.396. The number of para-hydroxylation sites is 1. The minimum absolute atomic E-state index is 0.108. The molecular formula is C24H23Cl2N7O. The first-order valence-electron chi connectivity index (χ1n) is 10.9. The third-order valence-corrected chi connectivity index (χ3v) is 6.86. The first-order valence-corrected chi connectivity index (χ1v) is 11.6. The van der Waals surface area contributed by atoms with Gasteiger partial charge in [0.15, 0.2) is 5.65 Å². The van der Waals surface area contributed by atoms with Gasteiger partial charge in [0.25, 0.3) is 0 Å². The van der Waals surface area contributed by atoms with Gasteiger partial charge < -0.3 is 10.2 Å². The second-order valence-corrected chi connectivity index (χ2v) is 9.42. The number of fused-ring (bicyclic) bond motifs is 2. The number of nitrogens with one attached hydrogen (secondary N) is 3. The van der Waals surface area contributed by atoms with Crippen molar-refractivity contribution in [3.05, 3.63) is 79.7 Å². The van der Waals surface area contributed by atoms with Crippen LogP contribution in [0.1, 0.15) is 17.5 Å². The number of aromatic nitrogens is 4. The molecule has 0 saturated carbocycles. The number of halogens is 2. The maximum Gasteiger partial charge on any atom is 0.333 e. The van der Waals surface area contributed by atoms with Crippen LogP contribution < -0.4 is 16.5 Å². The van der Waals surface area contributed by atoms with E-state index in [-0.39, 0.29) is 26.9 Å². The number of benzene rings is 2. The maximum atomic E-state index is 12.9. The van der Waals surface area contributed by atoms with Gasteiger partial charge in [-0.3, -0.25) is 10.4 Å². The molecule has 0 unspecified atom stereocenters. The molecule has 0 spiro atoms. The molecule has 0 amide bonds. The van der Waals surface area contributed by atoms with Gasteiger partial charge in [0, 0.05) is 17.9 Å². The topological polar surface area (TPSA) is 103 Å². The minimum Gasteiger partial charge on any atom is -0.324 e. The van der Waals surface area contributed by atoms with Crippen molar-refractivity contribution >= 4 is 45.9 Å². The molecule has 0 bridgehead atoms. The van der Waals surface area contributed by atoms with Crippen molar-refractivity contribution < 1.29 is 0 Å². The molecule has 4 aromatic rings. The van der Waals surface area contributed by atoms with Gasteiger partial charge in [0.05, 0.1) is 21.1 Å². The summed E-state index contributed by atoms with van der Waals surface area (Å²) >= 11 is 12.5. The number of hydrogen-bond acceptors (Lipinski definition) is 6. The smallest absolute Gasteiger partial charge is 0.324 e. The summed E-state index contributed by atoms with van der Waals surface area (Å²) in [6, 6.07) is 11.7. The third kappa shape index (κ3) is 4.09. The van der Waals surface area contributed by atoms with Crippen molar-refractivity contribution in [3.63, 3.8) is 0 Å². The van der Waals surface area contributed by atoms with Crippen LogP contribution in [-0.4, -0.2) is 44.6 Å². The molecule has 2 heterocycles. The lowest BCUT2D eigenvalue weighted by Crippen LogP contribution is -2.34. The summed E-state index contributed by atoms with van der Waals surface area (Å²) < 4.78 is 1.12. The molecular weight excluding hydrogens is 473 g/mol. The highest BCUT2D eigenvalue weighted by atomic mass is 35.5. The normalized spacial score (nSPS) is 15.5. The van der Waals surface area contributed by atoms with E-state index in [1.54, 1.807) is 18.2 Å². The van der Waals surface area contributed by atoms with Crippen LogP contribution in [0.3, 0.4) is 0 Å². The highest BCUT2D eigenvalue weighted by molar-refractivity contribution is 6.37. The summed E-state index contributed by atoms with van der Waals surface area (Å²) in [7, 11) is 4.23. The van der Waals surface area contributed by atoms with Gasteiger partial charge in [-0.05, 0) is 68.8 Å². The summed E-state index contributed by atoms with van der Waals surface area (Å²) in [4.78, 5) is 26.7. The van der Waals surface area contributed by atoms with Crippen molar-refractivity contribution in [2.75, 3.05) is 19.4 Å². The van der Waals surface area contributed by atoms with Crippen LogP contribution in [0, 0.1) is 5.41 Å². The highest BCUT2D eigenvalue weighted by Crippen LogP contribution is 2.28. The fourth-order valence-corrected chi connectivity index (χ4v) is 4.96. The van der Waals surface area contributed by atoms with Gasteiger partial charge >= 0.3 is 5.69 Å². The van der Waals surface area contributed by atoms with Crippen LogP contribution in [0.4, 0.5) is 11.6 Å². The largest absolute Gasteiger partial charge is 0.333 e. The molecule has 3 N–H and O–H groups in total. The average Bonchev–Trinajstić information content (AvgIpc) is 2.80. The molecule has 2 aromatic heterocycles. The summed E-state index contributed by atoms with van der Waals surface area (Å²) in [5.74, 6) is 0.330. The second kappa shape index (κ2) is 8.87. The van der Waals surface area contributed by atoms with Crippen LogP contribution in [0.2, 0.25) is 10.0 Å². The number of nitrogens with zero attached hydrogens (tertiary/aromatic N) is 4. The van der Waals surface area contributed by atoms with E-state index in [2.05, 4.69) is 51.4 Å². The second-order valence-electron chi connectivity index (χ2n) is 8.61. The number of H-pyrrole nitrogens is 1. The molecule has 0 radical (unpaired) electrons. The number of aromatic amines is 1. The highest BCUT2D eigenvalue weighted by Gasteiger charge is 2.20. The lowest BCUT2D eigenvalue weighted by atomic mass is 9.87. The molecule has 34 heavy (non-hydrogen) atoms. The fourth-order valence-electron chi connectivity index (χ4n) is 4.39. The Morgan fingerprint density at radius 1 is 1.18 bits per heavy atom. The van der Waals surface area contributed by atoms with E-state index in [9.17, 15) is 4.79 Å². The lowest BCUT2D eigenvalue weighted by Gasteiger charge is -2.30. The van der Waals surface area contributed by atoms with Gasteiger partial charge in [-0.25, -0.2) is 14.3 Å². The van der Waals surface area contributed by atoms with Crippen LogP contribution in [-0.2, 0) is 12.8 Å². The zero-order chi connectivity index (χ0) is 24.0. The summed E-state index contributed by atoms with van der Waals surface area (Å²) in [5.41, 5.74) is 3.37. The molecule has 5 rings (SSSR count). The monoisotopic (exact) mass is 495 g/mol. The van der Waals surface area contributed by atoms with E-state index in [1.165, 1.54) is 17.3 Å². The standard InChI is InChI=1S/C24H23Cl2N7O/c1-32(2)16-9-7-13-6-8-15(10-14(13)11-16)29-23-28-12-17-21(27)33(24(34)31-22(17)30-23)20-18(25)4-3-5-19(20)26/h3-6,8,10,12,16,27H,7,9,11H2,1-2H3,(H2,28,29,30,31,34)/t16-/m1/s1. The Hall–Kier alpha value is -3.20. The van der Waals surface area contributed by atoms with Gasteiger partial charge in [-0.15, -0.1) is 0 Å². The number of likely N-dealkylation sites (N-methyl/N-ethyl adjacent to an activating group) is 1. The molecule has 174 valence electrons. The summed E-state index contributed by atoms with van der Waals surface area (Å²) in [6.45, 7) is 0. The van der Waals surface area contributed by atoms with Gasteiger partial charge in [0.1, 0.15) is 5.49 Å². The van der Waals surface area contributed by atoms with Crippen molar-refractivity contribution in [1.82, 2.24) is 24.4 Å². The SMILES string of the molecule is CN(C)[C@@H]1CCc2ccc(Nc3ncc4c(=N)n(-c5c(Cl)cccc5Cl)c(=O)[nH]c4n3)cc2C1. The molecule has 8 nitrogen and oxygen atoms in total. The molecule has 1 atom stereocenters. The minimum atomic E-state index is -0.569. The molecule has 0 saturated heterocycles. The first-order chi connectivity index (χ1) is 16.3. The van der Waals surface area contributed by atoms with Crippen LogP contribution in [0.15, 0.2) is 47.4 Å². The maximum absolute atomic E-state index is 12.9. The Morgan fingerprint density at radius 3 is 2.68 bits per heavy atom. The lowest BCUT2D eigenvalue weighted by molar-refractivity contribution is 0.268. The fraction of sp³-hybridized carbons (Fsp3) is 0.250. The molecule has 1 aliphatic carbocycles. The summed E-state index contributed by atoms with van der Waals surface area (Å²) in [6.07, 6.45) is 4.72. The van der Waals surface area contributed by atoms with E-state index in [0.29, 0.717) is 17.4 Å². The zero-order valence-corrected chi connectivity index (χ0v) is 20.2. The molecule has 1 aliphatic rings. The van der Waals surface area contributed by atoms with Crippen molar-refractivity contribution in [3.8, 4) is 5.69 Å². The molecule has 0 aliphatic heterocycles. The average molecular weight is 496 g/mol. The number of rotatable bonds is 4. The number of anilines is 2. The third-order valence-electron chi connectivity index (χ3n) is 6.25. The van der Waals surface area contributed by atoms with E-state index < -0.39 is 5.69 Å². The van der Waals surface area contributed by atoms with Gasteiger partial charge in [-0.1, -0.05) is 35.3 Å². The number of hydrogen-bond donors (Lipinski definition) is 3. The predicted molar refractivity (Wildman–Crippen MR) is 135 cm³/mol. The van der Waals surface area contributed by atoms with E-state index in [4.69, 9.17) is 28.6 Å². The molecule has 2 aromatic carbocycles. The summed E-state index contributed by atoms with van der Waals surface area (Å²) in [5, 5.41) is 12.7. The van der Waals surface area contributed by atoms with Crippen molar-refractivity contribution in [2.24, 2.45) is 0 Å². The van der Waals surface area contributed by atoms with E-state index in [0.717, 1.165) is 29.5 Å². The van der Waals surface area contributed by atoms with Crippen LogP contribution >= 0.6 is 23.2 Å². The van der Waals surface area contributed by atoms with Crippen molar-refractivity contribution in [1.29, 1.82) is 5.41 Å². The van der Waals surface area contributed by atoms with Gasteiger partial charge in [-0.2, -0.15) is 4.98 Å². The molecule has 0 fully saturated rings. The van der Waals surface area contributed by atoms with Crippen molar-refractivity contribution in [2.45, 2.75) is 25.3 Å². The van der Waals surface area contributed by atoms with Gasteiger partial charge in [0.2, 0.25) is 5.95 Å². The first kappa shape index (κ1) is 22.6. The predicted octanol–water partition coefficient (Wildman–Crippen LogP) is 4.06. The Morgan fingerprint density at radius 2 is 1.94 bits per heavy atom. The van der Waals surface area contributed by atoms with Crippen LogP contribution in [0.5, 0.6) is 0 Å². The Balaban J connectivity index is 1.50. The Labute approximate surface area is 205 Å². The van der Waals surface area contributed by atoms with Crippen LogP contribution in [0.25, 0.3) is 16.7 Å². The number of aryl methyl sites for hydroxylation is 1. The molecule has 10 heteroatoms. The zero-order valence-electron chi connectivity index (χ0n) is 18.7.